The number of carbonyl (C=O) groups is 2. The average Bonchev–Trinajstić information content (AvgIpc) is 3.11. The smallest absolute Gasteiger partial charge is 0.265 e. The molecule has 3 rings (SSSR count). The molecule has 2 atom stereocenters. The van der Waals surface area contributed by atoms with E-state index in [-0.39, 0.29) is 0 Å². The van der Waals surface area contributed by atoms with E-state index in [1.807, 2.05) is 36.4 Å². The maximum atomic E-state index is 12.4. The van der Waals surface area contributed by atoms with Crippen molar-refractivity contribution < 1.29 is 14.4 Å². The number of oxime groups is 1. The van der Waals surface area contributed by atoms with Gasteiger partial charge in [-0.25, -0.2) is 0 Å². The second-order valence-corrected chi connectivity index (χ2v) is 5.46. The largest absolute Gasteiger partial charge is 0.382 e. The Morgan fingerprint density at radius 1 is 1.08 bits per heavy atom. The summed E-state index contributed by atoms with van der Waals surface area (Å²) in [6, 6.07) is 17.4. The van der Waals surface area contributed by atoms with E-state index < -0.39 is 24.0 Å². The van der Waals surface area contributed by atoms with Gasteiger partial charge in [0.2, 0.25) is 12.0 Å². The van der Waals surface area contributed by atoms with Gasteiger partial charge in [-0.05, 0) is 11.1 Å². The Bertz CT molecular complexity index is 760. The maximum Gasteiger partial charge on any atom is 0.265 e. The third-order valence-electron chi connectivity index (χ3n) is 3.77. The van der Waals surface area contributed by atoms with E-state index in [0.717, 1.165) is 5.56 Å². The summed E-state index contributed by atoms with van der Waals surface area (Å²) in [5, 5.41) is 6.61. The van der Waals surface area contributed by atoms with Crippen molar-refractivity contribution in [1.82, 2.24) is 5.32 Å². The van der Waals surface area contributed by atoms with Crippen molar-refractivity contribution >= 4 is 17.5 Å². The quantitative estimate of drug-likeness (QED) is 0.873. The van der Waals surface area contributed by atoms with Crippen molar-refractivity contribution in [3.8, 4) is 0 Å². The van der Waals surface area contributed by atoms with Crippen molar-refractivity contribution in [3.05, 3.63) is 71.8 Å². The summed E-state index contributed by atoms with van der Waals surface area (Å²) in [4.78, 5) is 29.3. The zero-order chi connectivity index (χ0) is 16.9. The van der Waals surface area contributed by atoms with Gasteiger partial charge >= 0.3 is 0 Å². The zero-order valence-electron chi connectivity index (χ0n) is 12.9. The SMILES string of the molecule is NC(=O)[C@@H](NC(=O)[C@@H]1CC(c2ccccc2)=NO1)c1ccccc1. The molecular weight excluding hydrogens is 306 g/mol. The Kier molecular flexibility index (Phi) is 4.56. The molecule has 0 unspecified atom stereocenters. The summed E-state index contributed by atoms with van der Waals surface area (Å²) in [5.41, 5.74) is 7.64. The van der Waals surface area contributed by atoms with Gasteiger partial charge in [-0.3, -0.25) is 9.59 Å². The summed E-state index contributed by atoms with van der Waals surface area (Å²) in [6.07, 6.45) is -0.429. The summed E-state index contributed by atoms with van der Waals surface area (Å²) >= 11 is 0. The summed E-state index contributed by atoms with van der Waals surface area (Å²) in [5.74, 6) is -1.05. The molecule has 3 N–H and O–H groups in total. The Balaban J connectivity index is 1.66. The van der Waals surface area contributed by atoms with Crippen LogP contribution in [0.1, 0.15) is 23.6 Å². The third kappa shape index (κ3) is 3.43. The first-order valence-corrected chi connectivity index (χ1v) is 7.58. The number of amides is 2. The van der Waals surface area contributed by atoms with Gasteiger partial charge in [-0.15, -0.1) is 0 Å². The van der Waals surface area contributed by atoms with Crippen LogP contribution in [0.5, 0.6) is 0 Å². The normalized spacial score (nSPS) is 17.5. The molecule has 0 saturated carbocycles. The van der Waals surface area contributed by atoms with Crippen LogP contribution in [0.3, 0.4) is 0 Å². The molecule has 0 fully saturated rings. The standard InChI is InChI=1S/C18H17N3O3/c19-17(22)16(13-9-5-2-6-10-13)20-18(23)15-11-14(21-24-15)12-7-3-1-4-8-12/h1-10,15-16H,11H2,(H2,19,22)(H,20,23)/t15-,16-/m0/s1. The van der Waals surface area contributed by atoms with Gasteiger partial charge in [0, 0.05) is 6.42 Å². The highest BCUT2D eigenvalue weighted by Gasteiger charge is 2.31. The second kappa shape index (κ2) is 6.95. The fraction of sp³-hybridized carbons (Fsp3) is 0.167. The second-order valence-electron chi connectivity index (χ2n) is 5.46. The number of benzene rings is 2. The van der Waals surface area contributed by atoms with E-state index in [2.05, 4.69) is 10.5 Å². The maximum absolute atomic E-state index is 12.4. The van der Waals surface area contributed by atoms with Crippen molar-refractivity contribution in [2.45, 2.75) is 18.6 Å². The molecular formula is C18H17N3O3. The lowest BCUT2D eigenvalue weighted by Gasteiger charge is -2.17. The molecule has 6 heteroatoms. The van der Waals surface area contributed by atoms with Crippen LogP contribution in [0.4, 0.5) is 0 Å². The van der Waals surface area contributed by atoms with Crippen molar-refractivity contribution in [1.29, 1.82) is 0 Å². The Morgan fingerprint density at radius 3 is 2.33 bits per heavy atom. The monoisotopic (exact) mass is 323 g/mol. The number of rotatable bonds is 5. The van der Waals surface area contributed by atoms with Crippen LogP contribution in [-0.2, 0) is 14.4 Å². The number of hydrogen-bond acceptors (Lipinski definition) is 4. The molecule has 24 heavy (non-hydrogen) atoms. The van der Waals surface area contributed by atoms with E-state index >= 15 is 0 Å². The van der Waals surface area contributed by atoms with Crippen LogP contribution in [0.2, 0.25) is 0 Å². The van der Waals surface area contributed by atoms with E-state index in [4.69, 9.17) is 10.6 Å². The molecule has 1 aliphatic heterocycles. The van der Waals surface area contributed by atoms with Crippen molar-refractivity contribution in [2.75, 3.05) is 0 Å². The number of primary amides is 1. The first-order chi connectivity index (χ1) is 11.6. The minimum Gasteiger partial charge on any atom is -0.382 e. The molecule has 0 aliphatic carbocycles. The van der Waals surface area contributed by atoms with Gasteiger partial charge in [-0.1, -0.05) is 65.8 Å². The average molecular weight is 323 g/mol. The lowest BCUT2D eigenvalue weighted by atomic mass is 10.0. The van der Waals surface area contributed by atoms with Crippen LogP contribution in [0.15, 0.2) is 65.8 Å². The van der Waals surface area contributed by atoms with Crippen LogP contribution in [-0.4, -0.2) is 23.6 Å². The fourth-order valence-electron chi connectivity index (χ4n) is 2.52. The molecule has 0 aromatic heterocycles. The summed E-state index contributed by atoms with van der Waals surface area (Å²) in [7, 11) is 0. The predicted molar refractivity (Wildman–Crippen MR) is 89.0 cm³/mol. The molecule has 0 radical (unpaired) electrons. The highest BCUT2D eigenvalue weighted by Crippen LogP contribution is 2.18. The molecule has 6 nitrogen and oxygen atoms in total. The minimum atomic E-state index is -0.900. The van der Waals surface area contributed by atoms with E-state index in [1.165, 1.54) is 0 Å². The topological polar surface area (TPSA) is 93.8 Å². The Labute approximate surface area is 139 Å². The van der Waals surface area contributed by atoms with Crippen molar-refractivity contribution in [3.63, 3.8) is 0 Å². The van der Waals surface area contributed by atoms with Crippen LogP contribution in [0.25, 0.3) is 0 Å². The lowest BCUT2D eigenvalue weighted by Crippen LogP contribution is -2.42. The van der Waals surface area contributed by atoms with Crippen molar-refractivity contribution in [2.24, 2.45) is 10.9 Å². The molecule has 2 amide bonds. The van der Waals surface area contributed by atoms with Gasteiger partial charge < -0.3 is 15.9 Å². The Morgan fingerprint density at radius 2 is 1.71 bits per heavy atom. The molecule has 0 spiro atoms. The Hall–Kier alpha value is -3.15. The lowest BCUT2D eigenvalue weighted by molar-refractivity contribution is -0.134. The molecule has 122 valence electrons. The van der Waals surface area contributed by atoms with Gasteiger partial charge in [0.1, 0.15) is 6.04 Å². The van der Waals surface area contributed by atoms with Gasteiger partial charge in [0.05, 0.1) is 5.71 Å². The number of nitrogens with one attached hydrogen (secondary N) is 1. The molecule has 2 aromatic carbocycles. The van der Waals surface area contributed by atoms with E-state index in [9.17, 15) is 9.59 Å². The highest BCUT2D eigenvalue weighted by molar-refractivity contribution is 6.04. The van der Waals surface area contributed by atoms with Crippen LogP contribution in [0, 0.1) is 0 Å². The summed E-state index contributed by atoms with van der Waals surface area (Å²) in [6.45, 7) is 0. The third-order valence-corrected chi connectivity index (χ3v) is 3.77. The molecule has 1 heterocycles. The molecule has 2 aromatic rings. The fourth-order valence-corrected chi connectivity index (χ4v) is 2.52. The predicted octanol–water partition coefficient (Wildman–Crippen LogP) is 1.52. The molecule has 1 aliphatic rings. The van der Waals surface area contributed by atoms with E-state index in [0.29, 0.717) is 17.7 Å². The first-order valence-electron chi connectivity index (χ1n) is 7.58. The minimum absolute atomic E-state index is 0.343. The van der Waals surface area contributed by atoms with Crippen LogP contribution < -0.4 is 11.1 Å². The van der Waals surface area contributed by atoms with Crippen LogP contribution >= 0.6 is 0 Å². The van der Waals surface area contributed by atoms with Gasteiger partial charge in [0.15, 0.2) is 0 Å². The number of nitrogens with zero attached hydrogens (tertiary/aromatic N) is 1. The molecule has 0 saturated heterocycles. The number of carbonyl (C=O) groups excluding carboxylic acids is 2. The van der Waals surface area contributed by atoms with E-state index in [1.54, 1.807) is 24.3 Å². The highest BCUT2D eigenvalue weighted by atomic mass is 16.6. The first kappa shape index (κ1) is 15.7. The zero-order valence-corrected chi connectivity index (χ0v) is 12.9. The van der Waals surface area contributed by atoms with Gasteiger partial charge in [0.25, 0.3) is 5.91 Å². The summed E-state index contributed by atoms with van der Waals surface area (Å²) < 4.78 is 0. The number of nitrogens with two attached hydrogens (primary N) is 1. The molecule has 0 bridgehead atoms. The number of hydrogen-bond donors (Lipinski definition) is 2. The van der Waals surface area contributed by atoms with Gasteiger partial charge in [-0.2, -0.15) is 0 Å².